The zero-order chi connectivity index (χ0) is 15.1. The van der Waals surface area contributed by atoms with Gasteiger partial charge in [-0.15, -0.1) is 10.2 Å². The van der Waals surface area contributed by atoms with Gasteiger partial charge in [0.05, 0.1) is 10.0 Å². The molecule has 2 aromatic carbocycles. The predicted octanol–water partition coefficient (Wildman–Crippen LogP) is 5.87. The van der Waals surface area contributed by atoms with Gasteiger partial charge < -0.3 is 0 Å². The molecule has 3 aromatic rings. The molecular weight excluding hydrogens is 327 g/mol. The molecule has 1 heterocycles. The molecule has 0 N–H and O–H groups in total. The lowest BCUT2D eigenvalue weighted by Gasteiger charge is -2.11. The van der Waals surface area contributed by atoms with Crippen molar-refractivity contribution in [2.75, 3.05) is 0 Å². The molecule has 0 fully saturated rings. The Bertz CT molecular complexity index is 852. The molecule has 2 nitrogen and oxygen atoms in total. The van der Waals surface area contributed by atoms with Crippen molar-refractivity contribution < 1.29 is 0 Å². The average molecular weight is 338 g/mol. The van der Waals surface area contributed by atoms with E-state index < -0.39 is 0 Å². The highest BCUT2D eigenvalue weighted by atomic mass is 35.5. The minimum absolute atomic E-state index is 0.412. The highest BCUT2D eigenvalue weighted by molar-refractivity contribution is 6.42. The Morgan fingerprint density at radius 3 is 2.10 bits per heavy atom. The molecule has 0 aliphatic carbocycles. The second kappa shape index (κ2) is 5.45. The maximum atomic E-state index is 6.23. The number of hydrogen-bond donors (Lipinski definition) is 0. The minimum Gasteiger partial charge on any atom is -0.148 e. The molecule has 106 valence electrons. The summed E-state index contributed by atoms with van der Waals surface area (Å²) in [6.45, 7) is 4.04. The molecule has 3 rings (SSSR count). The SMILES string of the molecule is Cc1ccc(C)c2c(-c3ccc(Cl)c(Cl)c3)nnc(Cl)c12. The normalized spacial score (nSPS) is 11.1. The van der Waals surface area contributed by atoms with E-state index >= 15 is 0 Å². The van der Waals surface area contributed by atoms with E-state index in [1.807, 2.05) is 26.0 Å². The van der Waals surface area contributed by atoms with Gasteiger partial charge in [-0.25, -0.2) is 0 Å². The van der Waals surface area contributed by atoms with Crippen LogP contribution in [0, 0.1) is 13.8 Å². The maximum Gasteiger partial charge on any atom is 0.159 e. The number of aryl methyl sites for hydroxylation is 2. The van der Waals surface area contributed by atoms with Gasteiger partial charge in [-0.05, 0) is 37.1 Å². The first-order valence-electron chi connectivity index (χ1n) is 6.36. The summed E-state index contributed by atoms with van der Waals surface area (Å²) in [5.74, 6) is 0. The molecule has 0 bridgehead atoms. The first-order valence-corrected chi connectivity index (χ1v) is 7.50. The molecule has 0 aliphatic rings. The van der Waals surface area contributed by atoms with Crippen molar-refractivity contribution in [3.63, 3.8) is 0 Å². The van der Waals surface area contributed by atoms with Crippen molar-refractivity contribution >= 4 is 45.6 Å². The second-order valence-corrected chi connectivity index (χ2v) is 6.09. The highest BCUT2D eigenvalue weighted by Gasteiger charge is 2.14. The van der Waals surface area contributed by atoms with Crippen LogP contribution in [-0.4, -0.2) is 10.2 Å². The molecular formula is C16H11Cl3N2. The molecule has 0 aliphatic heterocycles. The Balaban J connectivity index is 2.41. The van der Waals surface area contributed by atoms with Gasteiger partial charge in [0.2, 0.25) is 0 Å². The first-order chi connectivity index (χ1) is 9.99. The van der Waals surface area contributed by atoms with Gasteiger partial charge in [-0.2, -0.15) is 0 Å². The molecule has 5 heteroatoms. The zero-order valence-electron chi connectivity index (χ0n) is 11.4. The lowest BCUT2D eigenvalue weighted by molar-refractivity contribution is 1.05. The number of aromatic nitrogens is 2. The van der Waals surface area contributed by atoms with Gasteiger partial charge in [0, 0.05) is 16.3 Å². The molecule has 0 saturated carbocycles. The smallest absolute Gasteiger partial charge is 0.148 e. The summed E-state index contributed by atoms with van der Waals surface area (Å²) in [6, 6.07) is 9.52. The summed E-state index contributed by atoms with van der Waals surface area (Å²) in [5.41, 5.74) is 3.78. The van der Waals surface area contributed by atoms with Crippen LogP contribution in [0.3, 0.4) is 0 Å². The summed E-state index contributed by atoms with van der Waals surface area (Å²) < 4.78 is 0. The third-order valence-electron chi connectivity index (χ3n) is 3.50. The molecule has 0 saturated heterocycles. The van der Waals surface area contributed by atoms with Crippen LogP contribution in [0.5, 0.6) is 0 Å². The van der Waals surface area contributed by atoms with Crippen LogP contribution in [0.1, 0.15) is 11.1 Å². The lowest BCUT2D eigenvalue weighted by Crippen LogP contribution is -1.95. The van der Waals surface area contributed by atoms with E-state index in [0.717, 1.165) is 33.2 Å². The Labute approximate surface area is 137 Å². The van der Waals surface area contributed by atoms with Crippen LogP contribution in [0.4, 0.5) is 0 Å². The number of rotatable bonds is 1. The summed E-state index contributed by atoms with van der Waals surface area (Å²) in [7, 11) is 0. The van der Waals surface area contributed by atoms with E-state index in [1.165, 1.54) is 0 Å². The number of halogens is 3. The highest BCUT2D eigenvalue weighted by Crippen LogP contribution is 2.35. The summed E-state index contributed by atoms with van der Waals surface area (Å²) in [4.78, 5) is 0. The van der Waals surface area contributed by atoms with Gasteiger partial charge in [0.15, 0.2) is 5.15 Å². The van der Waals surface area contributed by atoms with Crippen LogP contribution < -0.4 is 0 Å². The van der Waals surface area contributed by atoms with E-state index in [9.17, 15) is 0 Å². The number of nitrogens with zero attached hydrogens (tertiary/aromatic N) is 2. The Hall–Kier alpha value is -1.35. The van der Waals surface area contributed by atoms with Gasteiger partial charge in [-0.1, -0.05) is 53.0 Å². The van der Waals surface area contributed by atoms with Crippen LogP contribution in [0.15, 0.2) is 30.3 Å². The summed E-state index contributed by atoms with van der Waals surface area (Å²) in [5, 5.41) is 11.7. The van der Waals surface area contributed by atoms with Gasteiger partial charge >= 0.3 is 0 Å². The molecule has 21 heavy (non-hydrogen) atoms. The summed E-state index contributed by atoms with van der Waals surface area (Å²) in [6.07, 6.45) is 0. The topological polar surface area (TPSA) is 25.8 Å². The first kappa shape index (κ1) is 14.6. The fourth-order valence-electron chi connectivity index (χ4n) is 2.42. The van der Waals surface area contributed by atoms with Crippen molar-refractivity contribution in [3.8, 4) is 11.3 Å². The van der Waals surface area contributed by atoms with Crippen molar-refractivity contribution in [2.24, 2.45) is 0 Å². The van der Waals surface area contributed by atoms with Crippen LogP contribution >= 0.6 is 34.8 Å². The Morgan fingerprint density at radius 1 is 0.762 bits per heavy atom. The fourth-order valence-corrected chi connectivity index (χ4v) is 3.00. The van der Waals surface area contributed by atoms with Gasteiger partial charge in [-0.3, -0.25) is 0 Å². The van der Waals surface area contributed by atoms with E-state index in [4.69, 9.17) is 34.8 Å². The molecule has 0 radical (unpaired) electrons. The lowest BCUT2D eigenvalue weighted by atomic mass is 9.98. The van der Waals surface area contributed by atoms with Crippen LogP contribution in [0.25, 0.3) is 22.0 Å². The zero-order valence-corrected chi connectivity index (χ0v) is 13.7. The third-order valence-corrected chi connectivity index (χ3v) is 4.50. The fraction of sp³-hybridized carbons (Fsp3) is 0.125. The number of hydrogen-bond acceptors (Lipinski definition) is 2. The van der Waals surface area contributed by atoms with Crippen molar-refractivity contribution in [2.45, 2.75) is 13.8 Å². The van der Waals surface area contributed by atoms with E-state index in [0.29, 0.717) is 15.2 Å². The van der Waals surface area contributed by atoms with Crippen molar-refractivity contribution in [3.05, 3.63) is 56.7 Å². The number of fused-ring (bicyclic) bond motifs is 1. The monoisotopic (exact) mass is 336 g/mol. The largest absolute Gasteiger partial charge is 0.159 e. The number of benzene rings is 2. The Morgan fingerprint density at radius 2 is 1.43 bits per heavy atom. The predicted molar refractivity (Wildman–Crippen MR) is 89.5 cm³/mol. The third kappa shape index (κ3) is 2.48. The molecule has 1 aromatic heterocycles. The van der Waals surface area contributed by atoms with E-state index in [-0.39, 0.29) is 0 Å². The standard InChI is InChI=1S/C16H11Cl3N2/c1-8-3-4-9(2)14-13(8)15(20-21-16(14)19)10-5-6-11(17)12(18)7-10/h3-7H,1-2H3. The minimum atomic E-state index is 0.412. The van der Waals surface area contributed by atoms with Crippen LogP contribution in [0.2, 0.25) is 15.2 Å². The molecule has 0 spiro atoms. The summed E-state index contributed by atoms with van der Waals surface area (Å²) >= 11 is 18.3. The van der Waals surface area contributed by atoms with E-state index in [2.05, 4.69) is 16.3 Å². The van der Waals surface area contributed by atoms with E-state index in [1.54, 1.807) is 12.1 Å². The van der Waals surface area contributed by atoms with Gasteiger partial charge in [0.1, 0.15) is 5.69 Å². The molecule has 0 amide bonds. The van der Waals surface area contributed by atoms with Gasteiger partial charge in [0.25, 0.3) is 0 Å². The van der Waals surface area contributed by atoms with Crippen LogP contribution in [-0.2, 0) is 0 Å². The quantitative estimate of drug-likeness (QED) is 0.554. The molecule has 0 atom stereocenters. The maximum absolute atomic E-state index is 6.23. The Kier molecular flexibility index (Phi) is 3.78. The van der Waals surface area contributed by atoms with Crippen molar-refractivity contribution in [1.29, 1.82) is 0 Å². The molecule has 0 unspecified atom stereocenters. The average Bonchev–Trinajstić information content (AvgIpc) is 2.46. The second-order valence-electron chi connectivity index (χ2n) is 4.92. The van der Waals surface area contributed by atoms with Crippen molar-refractivity contribution in [1.82, 2.24) is 10.2 Å².